The lowest BCUT2D eigenvalue weighted by Crippen LogP contribution is -2.24. The Bertz CT molecular complexity index is 409. The molecule has 0 heterocycles. The molecule has 0 aliphatic heterocycles. The Morgan fingerprint density at radius 3 is 2.06 bits per heavy atom. The number of hydrogen-bond donors (Lipinski definition) is 0. The molecule has 0 N–H and O–H groups in total. The Morgan fingerprint density at radius 1 is 1.06 bits per heavy atom. The molecule has 6 heteroatoms. The second-order valence-electron chi connectivity index (χ2n) is 3.96. The van der Waals surface area contributed by atoms with E-state index in [0.29, 0.717) is 11.5 Å². The topological polar surface area (TPSA) is 42.0 Å². The first-order valence-corrected chi connectivity index (χ1v) is 6.72. The summed E-state index contributed by atoms with van der Waals surface area (Å²) in [4.78, 5) is 0. The summed E-state index contributed by atoms with van der Waals surface area (Å²) < 4.78 is 26.4. The average molecular weight is 258 g/mol. The van der Waals surface area contributed by atoms with E-state index in [-0.39, 0.29) is 0 Å². The molecule has 0 aliphatic carbocycles. The van der Waals surface area contributed by atoms with Gasteiger partial charge in [-0.2, -0.15) is 0 Å². The van der Waals surface area contributed by atoms with Crippen LogP contribution in [0.5, 0.6) is 11.5 Å². The van der Waals surface area contributed by atoms with Gasteiger partial charge in [0, 0.05) is 6.07 Å². The van der Waals surface area contributed by atoms with E-state index in [0.717, 1.165) is 0 Å². The van der Waals surface area contributed by atoms with Gasteiger partial charge < -0.3 is 9.26 Å². The maximum absolute atomic E-state index is 12.6. The number of hydrogen-bond acceptors (Lipinski definition) is 3. The van der Waals surface area contributed by atoms with Crippen molar-refractivity contribution in [2.75, 3.05) is 35.3 Å². The summed E-state index contributed by atoms with van der Waals surface area (Å²) in [6.07, 6.45) is 0. The van der Waals surface area contributed by atoms with E-state index in [9.17, 15) is 4.57 Å². The van der Waals surface area contributed by atoms with Crippen molar-refractivity contribution in [1.29, 1.82) is 0 Å². The summed E-state index contributed by atoms with van der Waals surface area (Å²) >= 11 is 0. The second-order valence-corrected chi connectivity index (χ2v) is 6.72. The molecule has 5 nitrogen and oxygen atoms in total. The molecule has 0 bridgehead atoms. The van der Waals surface area contributed by atoms with Gasteiger partial charge in [-0.15, -0.1) is 0 Å². The summed E-state index contributed by atoms with van der Waals surface area (Å²) in [7, 11) is 5.47. The van der Waals surface area contributed by atoms with Crippen LogP contribution in [0.2, 0.25) is 0 Å². The normalized spacial score (nSPS) is 11.9. The SMILES string of the molecule is COc1cccc(OP(=O)(N(C)C)N(C)C)c1. The van der Waals surface area contributed by atoms with Crippen molar-refractivity contribution >= 4 is 7.67 Å². The molecular weight excluding hydrogens is 239 g/mol. The highest BCUT2D eigenvalue weighted by Crippen LogP contribution is 2.50. The first kappa shape index (κ1) is 14.0. The van der Waals surface area contributed by atoms with E-state index >= 15 is 0 Å². The van der Waals surface area contributed by atoms with Gasteiger partial charge in [-0.1, -0.05) is 6.07 Å². The fraction of sp³-hybridized carbons (Fsp3) is 0.455. The third kappa shape index (κ3) is 3.22. The molecule has 0 fully saturated rings. The molecule has 1 aromatic carbocycles. The minimum Gasteiger partial charge on any atom is -0.497 e. The maximum atomic E-state index is 12.6. The fourth-order valence-electron chi connectivity index (χ4n) is 1.32. The molecule has 0 spiro atoms. The number of nitrogens with zero attached hydrogens (tertiary/aromatic N) is 2. The summed E-state index contributed by atoms with van der Waals surface area (Å²) in [5.74, 6) is 1.20. The molecule has 0 unspecified atom stereocenters. The molecule has 0 aliphatic rings. The molecule has 0 radical (unpaired) electrons. The van der Waals surface area contributed by atoms with Gasteiger partial charge in [-0.3, -0.25) is 0 Å². The van der Waals surface area contributed by atoms with Gasteiger partial charge in [0.1, 0.15) is 11.5 Å². The van der Waals surface area contributed by atoms with Gasteiger partial charge in [0.2, 0.25) is 0 Å². The summed E-state index contributed by atoms with van der Waals surface area (Å²) in [6.45, 7) is 0. The molecule has 17 heavy (non-hydrogen) atoms. The fourth-order valence-corrected chi connectivity index (χ4v) is 2.75. The summed E-state index contributed by atoms with van der Waals surface area (Å²) in [5, 5.41) is 0. The van der Waals surface area contributed by atoms with E-state index < -0.39 is 7.67 Å². The largest absolute Gasteiger partial charge is 0.497 e. The Kier molecular flexibility index (Phi) is 4.57. The number of methoxy groups -OCH3 is 1. The minimum absolute atomic E-state index is 0.523. The van der Waals surface area contributed by atoms with Gasteiger partial charge in [-0.05, 0) is 40.3 Å². The van der Waals surface area contributed by atoms with Crippen molar-refractivity contribution in [2.45, 2.75) is 0 Å². The van der Waals surface area contributed by atoms with Crippen LogP contribution in [0.4, 0.5) is 0 Å². The van der Waals surface area contributed by atoms with Crippen molar-refractivity contribution in [3.63, 3.8) is 0 Å². The van der Waals surface area contributed by atoms with Crippen LogP contribution < -0.4 is 9.26 Å². The lowest BCUT2D eigenvalue weighted by atomic mass is 10.3. The third-order valence-corrected chi connectivity index (χ3v) is 4.75. The van der Waals surface area contributed by atoms with E-state index in [2.05, 4.69) is 0 Å². The highest BCUT2D eigenvalue weighted by Gasteiger charge is 2.31. The van der Waals surface area contributed by atoms with E-state index in [1.807, 2.05) is 6.07 Å². The van der Waals surface area contributed by atoms with Crippen molar-refractivity contribution in [1.82, 2.24) is 9.34 Å². The number of rotatable bonds is 5. The molecule has 0 amide bonds. The Morgan fingerprint density at radius 2 is 1.59 bits per heavy atom. The average Bonchev–Trinajstić information content (AvgIpc) is 2.28. The molecular formula is C11H19N2O3P. The zero-order chi connectivity index (χ0) is 13.1. The first-order chi connectivity index (χ1) is 7.90. The molecule has 1 aromatic rings. The quantitative estimate of drug-likeness (QED) is 0.758. The zero-order valence-corrected chi connectivity index (χ0v) is 11.8. The van der Waals surface area contributed by atoms with Gasteiger partial charge in [-0.25, -0.2) is 13.9 Å². The lowest BCUT2D eigenvalue weighted by Gasteiger charge is -2.29. The van der Waals surface area contributed by atoms with Crippen LogP contribution in [0.25, 0.3) is 0 Å². The van der Waals surface area contributed by atoms with Crippen LogP contribution >= 0.6 is 7.67 Å². The second kappa shape index (κ2) is 5.54. The summed E-state index contributed by atoms with van der Waals surface area (Å²) in [5.41, 5.74) is 0. The van der Waals surface area contributed by atoms with Gasteiger partial charge in [0.25, 0.3) is 0 Å². The smallest absolute Gasteiger partial charge is 0.394 e. The van der Waals surface area contributed by atoms with Gasteiger partial charge in [0.15, 0.2) is 0 Å². The molecule has 0 saturated heterocycles. The molecule has 96 valence electrons. The predicted molar refractivity (Wildman–Crippen MR) is 68.6 cm³/mol. The van der Waals surface area contributed by atoms with Crippen LogP contribution in [-0.4, -0.2) is 44.6 Å². The van der Waals surface area contributed by atoms with E-state index in [4.69, 9.17) is 9.26 Å². The first-order valence-electron chi connectivity index (χ1n) is 5.19. The van der Waals surface area contributed by atoms with E-state index in [1.165, 1.54) is 0 Å². The molecule has 1 rings (SSSR count). The van der Waals surface area contributed by atoms with Crippen molar-refractivity contribution < 1.29 is 13.8 Å². The maximum Gasteiger partial charge on any atom is 0.394 e. The van der Waals surface area contributed by atoms with Crippen molar-refractivity contribution in [3.8, 4) is 11.5 Å². The van der Waals surface area contributed by atoms with Crippen LogP contribution in [0.1, 0.15) is 0 Å². The molecule has 0 aromatic heterocycles. The Hall–Kier alpha value is -1.03. The highest BCUT2D eigenvalue weighted by atomic mass is 31.2. The minimum atomic E-state index is -3.00. The number of benzene rings is 1. The number of ether oxygens (including phenoxy) is 1. The van der Waals surface area contributed by atoms with E-state index in [1.54, 1.807) is 62.8 Å². The predicted octanol–water partition coefficient (Wildman–Crippen LogP) is 2.31. The zero-order valence-electron chi connectivity index (χ0n) is 10.9. The van der Waals surface area contributed by atoms with Crippen LogP contribution in [-0.2, 0) is 4.57 Å². The van der Waals surface area contributed by atoms with Crippen LogP contribution in [0.15, 0.2) is 24.3 Å². The third-order valence-electron chi connectivity index (χ3n) is 2.28. The van der Waals surface area contributed by atoms with Crippen molar-refractivity contribution in [2.24, 2.45) is 0 Å². The summed E-state index contributed by atoms with van der Waals surface area (Å²) in [6, 6.07) is 7.06. The molecule has 0 saturated carbocycles. The lowest BCUT2D eigenvalue weighted by molar-refractivity contribution is 0.352. The van der Waals surface area contributed by atoms with Gasteiger partial charge >= 0.3 is 7.67 Å². The highest BCUT2D eigenvalue weighted by molar-refractivity contribution is 7.54. The van der Waals surface area contributed by atoms with Crippen molar-refractivity contribution in [3.05, 3.63) is 24.3 Å². The van der Waals surface area contributed by atoms with Gasteiger partial charge in [0.05, 0.1) is 7.11 Å². The Balaban J connectivity index is 2.98. The van der Waals surface area contributed by atoms with Crippen LogP contribution in [0, 0.1) is 0 Å². The molecule has 0 atom stereocenters. The standard InChI is InChI=1S/C11H19N2O3P/c1-12(2)17(14,13(3)4)16-11-8-6-7-10(9-11)15-5/h6-9H,1-5H3. The Labute approximate surface area is 102 Å². The van der Waals surface area contributed by atoms with Crippen LogP contribution in [0.3, 0.4) is 0 Å². The monoisotopic (exact) mass is 258 g/mol.